The van der Waals surface area contributed by atoms with Crippen LogP contribution in [0.5, 0.6) is 0 Å². The predicted molar refractivity (Wildman–Crippen MR) is 74.8 cm³/mol. The van der Waals surface area contributed by atoms with Crippen LogP contribution in [0.25, 0.3) is 0 Å². The Morgan fingerprint density at radius 1 is 1.47 bits per heavy atom. The van der Waals surface area contributed by atoms with Gasteiger partial charge in [-0.05, 0) is 24.6 Å². The average molecular weight is 263 g/mol. The van der Waals surface area contributed by atoms with E-state index in [0.29, 0.717) is 32.3 Å². The Morgan fingerprint density at radius 3 is 2.84 bits per heavy atom. The van der Waals surface area contributed by atoms with Gasteiger partial charge in [0, 0.05) is 24.8 Å². The van der Waals surface area contributed by atoms with Crippen molar-refractivity contribution in [1.29, 1.82) is 0 Å². The highest BCUT2D eigenvalue weighted by atomic mass is 16.5. The van der Waals surface area contributed by atoms with Gasteiger partial charge in [-0.1, -0.05) is 12.1 Å². The summed E-state index contributed by atoms with van der Waals surface area (Å²) in [5.41, 5.74) is 7.40. The van der Waals surface area contributed by atoms with Gasteiger partial charge in [0.1, 0.15) is 0 Å². The van der Waals surface area contributed by atoms with Crippen LogP contribution < -0.4 is 11.1 Å². The molecule has 1 fully saturated rings. The standard InChI is InChI=1S/C14H21N3O2/c1-11-10-19-7-6-17(11)9-14(18)16-13-4-2-12(8-15)3-5-13/h2-5,11H,6-10,15H2,1H3,(H,16,18). The number of ether oxygens (including phenoxy) is 1. The van der Waals surface area contributed by atoms with E-state index in [1.165, 1.54) is 0 Å². The van der Waals surface area contributed by atoms with Gasteiger partial charge in [-0.15, -0.1) is 0 Å². The van der Waals surface area contributed by atoms with Gasteiger partial charge in [0.05, 0.1) is 19.8 Å². The Morgan fingerprint density at radius 2 is 2.21 bits per heavy atom. The minimum absolute atomic E-state index is 0.00856. The maximum absolute atomic E-state index is 12.0. The van der Waals surface area contributed by atoms with Crippen molar-refractivity contribution < 1.29 is 9.53 Å². The molecular formula is C14H21N3O2. The fourth-order valence-corrected chi connectivity index (χ4v) is 2.11. The summed E-state index contributed by atoms with van der Waals surface area (Å²) in [6, 6.07) is 7.89. The summed E-state index contributed by atoms with van der Waals surface area (Å²) in [7, 11) is 0. The number of carbonyl (C=O) groups excluding carboxylic acids is 1. The van der Waals surface area contributed by atoms with Gasteiger partial charge >= 0.3 is 0 Å². The fourth-order valence-electron chi connectivity index (χ4n) is 2.11. The number of anilines is 1. The molecule has 1 amide bonds. The van der Waals surface area contributed by atoms with Gasteiger partial charge in [0.15, 0.2) is 0 Å². The van der Waals surface area contributed by atoms with Gasteiger partial charge < -0.3 is 15.8 Å². The fraction of sp³-hybridized carbons (Fsp3) is 0.500. The number of hydrogen-bond acceptors (Lipinski definition) is 4. The third kappa shape index (κ3) is 4.02. The van der Waals surface area contributed by atoms with Crippen molar-refractivity contribution in [2.24, 2.45) is 5.73 Å². The molecule has 2 rings (SSSR count). The molecular weight excluding hydrogens is 242 g/mol. The zero-order valence-electron chi connectivity index (χ0n) is 11.3. The van der Waals surface area contributed by atoms with Crippen molar-refractivity contribution in [3.05, 3.63) is 29.8 Å². The average Bonchev–Trinajstić information content (AvgIpc) is 2.42. The molecule has 1 aliphatic heterocycles. The lowest BCUT2D eigenvalue weighted by molar-refractivity contribution is -0.119. The van der Waals surface area contributed by atoms with Crippen LogP contribution in [-0.2, 0) is 16.1 Å². The summed E-state index contributed by atoms with van der Waals surface area (Å²) in [5, 5.41) is 2.90. The number of nitrogens with two attached hydrogens (primary N) is 1. The smallest absolute Gasteiger partial charge is 0.238 e. The van der Waals surface area contributed by atoms with Crippen LogP contribution in [0.4, 0.5) is 5.69 Å². The second-order valence-electron chi connectivity index (χ2n) is 4.84. The zero-order valence-corrected chi connectivity index (χ0v) is 11.3. The highest BCUT2D eigenvalue weighted by molar-refractivity contribution is 5.92. The van der Waals surface area contributed by atoms with E-state index in [1.807, 2.05) is 24.3 Å². The van der Waals surface area contributed by atoms with E-state index in [2.05, 4.69) is 17.1 Å². The normalized spacial score (nSPS) is 20.2. The summed E-state index contributed by atoms with van der Waals surface area (Å²) < 4.78 is 5.35. The predicted octanol–water partition coefficient (Wildman–Crippen LogP) is 0.804. The summed E-state index contributed by atoms with van der Waals surface area (Å²) in [4.78, 5) is 14.1. The molecule has 1 aromatic carbocycles. The Bertz CT molecular complexity index is 419. The van der Waals surface area contributed by atoms with Crippen LogP contribution in [0.1, 0.15) is 12.5 Å². The molecule has 1 saturated heterocycles. The lowest BCUT2D eigenvalue weighted by atomic mass is 10.2. The van der Waals surface area contributed by atoms with Crippen LogP contribution in [0.15, 0.2) is 24.3 Å². The second-order valence-corrected chi connectivity index (χ2v) is 4.84. The first-order chi connectivity index (χ1) is 9.19. The van der Waals surface area contributed by atoms with Crippen molar-refractivity contribution in [1.82, 2.24) is 4.90 Å². The SMILES string of the molecule is CC1COCCN1CC(=O)Nc1ccc(CN)cc1. The van der Waals surface area contributed by atoms with Crippen molar-refractivity contribution >= 4 is 11.6 Å². The molecule has 1 aromatic rings. The Hall–Kier alpha value is -1.43. The quantitative estimate of drug-likeness (QED) is 0.843. The molecule has 0 aliphatic carbocycles. The number of benzene rings is 1. The zero-order chi connectivity index (χ0) is 13.7. The van der Waals surface area contributed by atoms with Crippen LogP contribution in [0.2, 0.25) is 0 Å². The lowest BCUT2D eigenvalue weighted by Crippen LogP contribution is -2.47. The molecule has 5 nitrogen and oxygen atoms in total. The monoisotopic (exact) mass is 263 g/mol. The number of amides is 1. The maximum atomic E-state index is 12.0. The van der Waals surface area contributed by atoms with Crippen molar-refractivity contribution in [2.75, 3.05) is 31.6 Å². The number of hydrogen-bond donors (Lipinski definition) is 2. The molecule has 1 heterocycles. The molecule has 0 radical (unpaired) electrons. The minimum atomic E-state index is 0.00856. The van der Waals surface area contributed by atoms with E-state index in [0.717, 1.165) is 17.8 Å². The van der Waals surface area contributed by atoms with Crippen LogP contribution in [0.3, 0.4) is 0 Å². The Kier molecular flexibility index (Phi) is 4.90. The van der Waals surface area contributed by atoms with Crippen LogP contribution in [-0.4, -0.2) is 43.2 Å². The summed E-state index contributed by atoms with van der Waals surface area (Å²) >= 11 is 0. The third-order valence-corrected chi connectivity index (χ3v) is 3.33. The van der Waals surface area contributed by atoms with Crippen LogP contribution >= 0.6 is 0 Å². The number of carbonyl (C=O) groups is 1. The van der Waals surface area contributed by atoms with E-state index in [4.69, 9.17) is 10.5 Å². The highest BCUT2D eigenvalue weighted by Gasteiger charge is 2.20. The molecule has 1 atom stereocenters. The molecule has 19 heavy (non-hydrogen) atoms. The summed E-state index contributed by atoms with van der Waals surface area (Å²) in [6.07, 6.45) is 0. The first-order valence-corrected chi connectivity index (χ1v) is 6.59. The molecule has 104 valence electrons. The number of rotatable bonds is 4. The molecule has 0 bridgehead atoms. The van der Waals surface area contributed by atoms with Crippen molar-refractivity contribution in [2.45, 2.75) is 19.5 Å². The third-order valence-electron chi connectivity index (χ3n) is 3.33. The van der Waals surface area contributed by atoms with E-state index in [-0.39, 0.29) is 5.91 Å². The molecule has 3 N–H and O–H groups in total. The van der Waals surface area contributed by atoms with E-state index >= 15 is 0 Å². The molecule has 1 aliphatic rings. The largest absolute Gasteiger partial charge is 0.379 e. The second kappa shape index (κ2) is 6.65. The van der Waals surface area contributed by atoms with E-state index in [9.17, 15) is 4.79 Å². The molecule has 1 unspecified atom stereocenters. The Balaban J connectivity index is 1.86. The van der Waals surface area contributed by atoms with Crippen LogP contribution in [0, 0.1) is 0 Å². The molecule has 0 spiro atoms. The van der Waals surface area contributed by atoms with Crippen molar-refractivity contribution in [3.63, 3.8) is 0 Å². The van der Waals surface area contributed by atoms with Gasteiger partial charge in [-0.3, -0.25) is 9.69 Å². The number of morpholine rings is 1. The van der Waals surface area contributed by atoms with Crippen molar-refractivity contribution in [3.8, 4) is 0 Å². The minimum Gasteiger partial charge on any atom is -0.379 e. The lowest BCUT2D eigenvalue weighted by Gasteiger charge is -2.32. The molecule has 0 aromatic heterocycles. The Labute approximate surface area is 113 Å². The maximum Gasteiger partial charge on any atom is 0.238 e. The molecule has 5 heteroatoms. The summed E-state index contributed by atoms with van der Waals surface area (Å²) in [6.45, 7) is 5.19. The first kappa shape index (κ1) is 14.0. The van der Waals surface area contributed by atoms with E-state index < -0.39 is 0 Å². The summed E-state index contributed by atoms with van der Waals surface area (Å²) in [5.74, 6) is 0.00856. The topological polar surface area (TPSA) is 67.6 Å². The van der Waals surface area contributed by atoms with Gasteiger partial charge in [-0.2, -0.15) is 0 Å². The number of nitrogens with one attached hydrogen (secondary N) is 1. The van der Waals surface area contributed by atoms with Gasteiger partial charge in [-0.25, -0.2) is 0 Å². The van der Waals surface area contributed by atoms with E-state index in [1.54, 1.807) is 0 Å². The number of nitrogens with zero attached hydrogens (tertiary/aromatic N) is 1. The highest BCUT2D eigenvalue weighted by Crippen LogP contribution is 2.10. The molecule has 0 saturated carbocycles. The first-order valence-electron chi connectivity index (χ1n) is 6.59. The van der Waals surface area contributed by atoms with Gasteiger partial charge in [0.2, 0.25) is 5.91 Å². The van der Waals surface area contributed by atoms with Gasteiger partial charge in [0.25, 0.3) is 0 Å².